The van der Waals surface area contributed by atoms with Gasteiger partial charge >= 0.3 is 0 Å². The van der Waals surface area contributed by atoms with E-state index in [0.29, 0.717) is 5.92 Å². The quantitative estimate of drug-likeness (QED) is 0.657. The van der Waals surface area contributed by atoms with Gasteiger partial charge in [0.25, 0.3) is 0 Å². The van der Waals surface area contributed by atoms with E-state index in [4.69, 9.17) is 4.74 Å². The van der Waals surface area contributed by atoms with Crippen molar-refractivity contribution in [2.24, 2.45) is 0 Å². The first kappa shape index (κ1) is 8.68. The Morgan fingerprint density at radius 1 is 1.19 bits per heavy atom. The van der Waals surface area contributed by atoms with Gasteiger partial charge in [-0.3, -0.25) is 0 Å². The second-order valence-corrected chi connectivity index (χ2v) is 4.93. The van der Waals surface area contributed by atoms with E-state index in [1.165, 1.54) is 37.1 Å². The van der Waals surface area contributed by atoms with Gasteiger partial charge in [-0.2, -0.15) is 0 Å². The Kier molecular flexibility index (Phi) is 1.65. The van der Waals surface area contributed by atoms with Crippen LogP contribution in [0, 0.1) is 0 Å². The summed E-state index contributed by atoms with van der Waals surface area (Å²) in [4.78, 5) is 2.53. The molecular formula is C14H15NO. The molecule has 1 aromatic carbocycles. The third-order valence-corrected chi connectivity index (χ3v) is 4.15. The normalized spacial score (nSPS) is 30.2. The monoisotopic (exact) mass is 213 g/mol. The Bertz CT molecular complexity index is 466. The lowest BCUT2D eigenvalue weighted by molar-refractivity contribution is 0.0733. The van der Waals surface area contributed by atoms with E-state index >= 15 is 0 Å². The van der Waals surface area contributed by atoms with E-state index in [1.54, 1.807) is 0 Å². The summed E-state index contributed by atoms with van der Waals surface area (Å²) in [6, 6.07) is 9.21. The van der Waals surface area contributed by atoms with Crippen LogP contribution in [0.15, 0.2) is 36.2 Å². The van der Waals surface area contributed by atoms with Crippen molar-refractivity contribution in [3.63, 3.8) is 0 Å². The van der Waals surface area contributed by atoms with Crippen molar-refractivity contribution in [2.75, 3.05) is 6.54 Å². The van der Waals surface area contributed by atoms with Crippen LogP contribution in [0.3, 0.4) is 0 Å². The molecule has 82 valence electrons. The van der Waals surface area contributed by atoms with Crippen molar-refractivity contribution >= 4 is 0 Å². The summed E-state index contributed by atoms with van der Waals surface area (Å²) < 4.78 is 5.70. The highest BCUT2D eigenvalue weighted by atomic mass is 16.5. The van der Waals surface area contributed by atoms with Crippen molar-refractivity contribution < 1.29 is 4.74 Å². The van der Waals surface area contributed by atoms with Crippen molar-refractivity contribution in [2.45, 2.75) is 31.2 Å². The van der Waals surface area contributed by atoms with Gasteiger partial charge in [0.15, 0.2) is 0 Å². The first-order chi connectivity index (χ1) is 7.95. The molecule has 0 amide bonds. The van der Waals surface area contributed by atoms with Crippen LogP contribution in [0.25, 0.3) is 0 Å². The first-order valence-electron chi connectivity index (χ1n) is 6.17. The molecule has 2 unspecified atom stereocenters. The van der Waals surface area contributed by atoms with Crippen LogP contribution < -0.4 is 4.74 Å². The van der Waals surface area contributed by atoms with E-state index in [9.17, 15) is 0 Å². The van der Waals surface area contributed by atoms with Gasteiger partial charge in [-0.05, 0) is 25.3 Å². The Morgan fingerprint density at radius 3 is 3.12 bits per heavy atom. The minimum Gasteiger partial charge on any atom is -0.463 e. The molecule has 4 rings (SSSR count). The third-order valence-electron chi connectivity index (χ3n) is 4.15. The standard InChI is InChI=1S/C14H15NO/c1-2-7-13-10(5-1)14-11-6-3-4-8-15(11)12(14)9-16-13/h1-2,5,7,9,11,14H,3-4,6,8H2. The van der Waals surface area contributed by atoms with Crippen molar-refractivity contribution in [1.82, 2.24) is 4.90 Å². The van der Waals surface area contributed by atoms with E-state index in [1.807, 2.05) is 6.26 Å². The molecule has 2 atom stereocenters. The maximum atomic E-state index is 5.70. The van der Waals surface area contributed by atoms with E-state index < -0.39 is 0 Å². The zero-order valence-electron chi connectivity index (χ0n) is 9.23. The summed E-state index contributed by atoms with van der Waals surface area (Å²) in [5.41, 5.74) is 2.80. The van der Waals surface area contributed by atoms with Gasteiger partial charge in [0.05, 0.1) is 11.6 Å². The molecule has 0 spiro atoms. The lowest BCUT2D eigenvalue weighted by Crippen LogP contribution is -2.55. The summed E-state index contributed by atoms with van der Waals surface area (Å²) in [5, 5.41) is 0. The van der Waals surface area contributed by atoms with Crippen LogP contribution in [0.2, 0.25) is 0 Å². The molecule has 0 saturated carbocycles. The summed E-state index contributed by atoms with van der Waals surface area (Å²) in [7, 11) is 0. The summed E-state index contributed by atoms with van der Waals surface area (Å²) >= 11 is 0. The van der Waals surface area contributed by atoms with Crippen molar-refractivity contribution in [3.8, 4) is 5.75 Å². The highest BCUT2D eigenvalue weighted by Gasteiger charge is 2.47. The maximum Gasteiger partial charge on any atom is 0.130 e. The number of hydrogen-bond acceptors (Lipinski definition) is 2. The SMILES string of the molecule is C1=C2C(c3ccccc3O1)C1CCCCN21. The molecule has 0 radical (unpaired) electrons. The smallest absolute Gasteiger partial charge is 0.130 e. The molecule has 3 aliphatic rings. The zero-order chi connectivity index (χ0) is 10.5. The van der Waals surface area contributed by atoms with Crippen molar-refractivity contribution in [1.29, 1.82) is 0 Å². The van der Waals surface area contributed by atoms with Gasteiger partial charge in [0.2, 0.25) is 0 Å². The van der Waals surface area contributed by atoms with Crippen LogP contribution >= 0.6 is 0 Å². The minimum atomic E-state index is 0.616. The summed E-state index contributed by atoms with van der Waals surface area (Å²) in [5.74, 6) is 1.67. The van der Waals surface area contributed by atoms with Gasteiger partial charge in [0, 0.05) is 18.2 Å². The Labute approximate surface area is 95.5 Å². The van der Waals surface area contributed by atoms with Crippen molar-refractivity contribution in [3.05, 3.63) is 41.8 Å². The topological polar surface area (TPSA) is 12.5 Å². The molecule has 16 heavy (non-hydrogen) atoms. The molecule has 2 nitrogen and oxygen atoms in total. The largest absolute Gasteiger partial charge is 0.463 e. The maximum absolute atomic E-state index is 5.70. The van der Waals surface area contributed by atoms with Crippen LogP contribution in [0.5, 0.6) is 5.75 Å². The van der Waals surface area contributed by atoms with Crippen LogP contribution in [-0.2, 0) is 0 Å². The first-order valence-corrected chi connectivity index (χ1v) is 6.17. The fourth-order valence-corrected chi connectivity index (χ4v) is 3.39. The summed E-state index contributed by atoms with van der Waals surface area (Å²) in [6.07, 6.45) is 6.03. The van der Waals surface area contributed by atoms with E-state index in [0.717, 1.165) is 11.8 Å². The highest BCUT2D eigenvalue weighted by molar-refractivity contribution is 5.48. The fraction of sp³-hybridized carbons (Fsp3) is 0.429. The molecule has 0 N–H and O–H groups in total. The zero-order valence-corrected chi connectivity index (χ0v) is 9.23. The average molecular weight is 213 g/mol. The highest BCUT2D eigenvalue weighted by Crippen LogP contribution is 2.52. The molecule has 2 fully saturated rings. The molecule has 0 bridgehead atoms. The van der Waals surface area contributed by atoms with Gasteiger partial charge in [-0.25, -0.2) is 0 Å². The molecule has 0 aromatic heterocycles. The molecule has 0 aliphatic carbocycles. The number of rotatable bonds is 0. The number of piperidine rings is 1. The summed E-state index contributed by atoms with van der Waals surface area (Å²) in [6.45, 7) is 1.22. The van der Waals surface area contributed by atoms with E-state index in [-0.39, 0.29) is 0 Å². The second kappa shape index (κ2) is 3.03. The van der Waals surface area contributed by atoms with Gasteiger partial charge in [-0.1, -0.05) is 18.2 Å². The molecule has 2 saturated heterocycles. The van der Waals surface area contributed by atoms with Gasteiger partial charge < -0.3 is 9.64 Å². The Hall–Kier alpha value is -1.44. The second-order valence-electron chi connectivity index (χ2n) is 4.93. The minimum absolute atomic E-state index is 0.616. The van der Waals surface area contributed by atoms with Crippen LogP contribution in [-0.4, -0.2) is 17.5 Å². The van der Waals surface area contributed by atoms with Gasteiger partial charge in [0.1, 0.15) is 12.0 Å². The predicted molar refractivity (Wildman–Crippen MR) is 62.2 cm³/mol. The molecule has 3 heterocycles. The number of fused-ring (bicyclic) bond motifs is 6. The number of benzene rings is 1. The fourth-order valence-electron chi connectivity index (χ4n) is 3.39. The lowest BCUT2D eigenvalue weighted by Gasteiger charge is -2.55. The van der Waals surface area contributed by atoms with Crippen LogP contribution in [0.1, 0.15) is 30.7 Å². The number of para-hydroxylation sites is 1. The average Bonchev–Trinajstić information content (AvgIpc) is 2.34. The lowest BCUT2D eigenvalue weighted by atomic mass is 9.74. The Balaban J connectivity index is 1.77. The van der Waals surface area contributed by atoms with Gasteiger partial charge in [-0.15, -0.1) is 0 Å². The molecule has 3 aliphatic heterocycles. The number of ether oxygens (including phenoxy) is 1. The molecule has 2 heteroatoms. The number of hydrogen-bond donors (Lipinski definition) is 0. The molecular weight excluding hydrogens is 198 g/mol. The van der Waals surface area contributed by atoms with E-state index in [2.05, 4.69) is 29.2 Å². The predicted octanol–water partition coefficient (Wildman–Crippen LogP) is 2.87. The van der Waals surface area contributed by atoms with Crippen LogP contribution in [0.4, 0.5) is 0 Å². The number of nitrogens with zero attached hydrogens (tertiary/aromatic N) is 1. The Morgan fingerprint density at radius 2 is 2.12 bits per heavy atom. The molecule has 1 aromatic rings. The third kappa shape index (κ3) is 0.972.